The summed E-state index contributed by atoms with van der Waals surface area (Å²) in [6, 6.07) is 107. The van der Waals surface area contributed by atoms with Crippen molar-refractivity contribution in [3.05, 3.63) is 346 Å². The molecule has 0 saturated heterocycles. The normalized spacial score (nSPS) is 14.5. The first-order chi connectivity index (χ1) is 49.6. The number of furan rings is 1. The quantitative estimate of drug-likeness (QED) is 0.114. The van der Waals surface area contributed by atoms with Crippen LogP contribution >= 0.6 is 0 Å². The van der Waals surface area contributed by atoms with Crippen molar-refractivity contribution in [2.24, 2.45) is 0 Å². The molecule has 4 nitrogen and oxygen atoms in total. The third-order valence-corrected chi connectivity index (χ3v) is 24.1. The van der Waals surface area contributed by atoms with Crippen molar-refractivity contribution in [2.45, 2.75) is 118 Å². The molecule has 14 aromatic carbocycles. The van der Waals surface area contributed by atoms with E-state index >= 15 is 0 Å². The monoisotopic (exact) mass is 1350 g/mol. The highest BCUT2D eigenvalue weighted by Gasteiger charge is 2.54. The van der Waals surface area contributed by atoms with Gasteiger partial charge in [0.2, 0.25) is 0 Å². The van der Waals surface area contributed by atoms with Crippen LogP contribution in [0.4, 0.5) is 51.2 Å². The lowest BCUT2D eigenvalue weighted by Crippen LogP contribution is -2.31. The first-order valence-corrected chi connectivity index (χ1v) is 39.1. The van der Waals surface area contributed by atoms with Crippen LogP contribution in [0.25, 0.3) is 65.7 Å². The Balaban J connectivity index is 1.07. The van der Waals surface area contributed by atoms with E-state index in [2.05, 4.69) is 390 Å². The van der Waals surface area contributed by atoms with Crippen LogP contribution in [0.5, 0.6) is 0 Å². The van der Waals surface area contributed by atoms with E-state index in [-0.39, 0.29) is 10.8 Å². The highest BCUT2D eigenvalue weighted by atomic mass is 28.3. The molecule has 0 bridgehead atoms. The molecular weight excluding hydrogens is 1260 g/mol. The first kappa shape index (κ1) is 65.3. The fourth-order valence-corrected chi connectivity index (χ4v) is 18.3. The maximum absolute atomic E-state index is 7.93. The number of hydrogen-bond donors (Lipinski definition) is 0. The molecule has 0 spiro atoms. The second-order valence-corrected chi connectivity index (χ2v) is 34.5. The van der Waals surface area contributed by atoms with Crippen molar-refractivity contribution in [1.29, 1.82) is 0 Å². The highest BCUT2D eigenvalue weighted by molar-refractivity contribution is 6.70. The molecule has 0 fully saturated rings. The number of rotatable bonds is 12. The van der Waals surface area contributed by atoms with Gasteiger partial charge in [-0.3, -0.25) is 0 Å². The molecule has 1 aromatic heterocycles. The predicted octanol–water partition coefficient (Wildman–Crippen LogP) is 26.8. The lowest BCUT2D eigenvalue weighted by Gasteiger charge is -2.38. The number of para-hydroxylation sites is 1. The van der Waals surface area contributed by atoms with Crippen LogP contribution < -0.4 is 19.9 Å². The SMILES string of the molecule is Cc1ccc(N(c2cc3c(c4c2-c2ccccc2C4(C)C)-c2c(cc(N(c4ccc(C)cc4C)c4cccc5ccccc45)c4c2oc2ccccc24)C3(c2ccc(N(c3ccc(C(C)(C)C)cc3)c3ccc(C(C)(C)C)cc3)cc2)c2ccc([Si](C)C)cc2)c2cccc3ccccc23)c(C)c1. The molecule has 2 aliphatic rings. The second kappa shape index (κ2) is 24.4. The van der Waals surface area contributed by atoms with Gasteiger partial charge in [0, 0.05) is 61.1 Å². The smallest absolute Gasteiger partial charge is 0.145 e. The molecule has 0 N–H and O–H groups in total. The average Bonchev–Trinajstić information content (AvgIpc) is 1.50. The summed E-state index contributed by atoms with van der Waals surface area (Å²) in [5, 5.41) is 8.23. The fourth-order valence-electron chi connectivity index (χ4n) is 17.5. The molecule has 2 aliphatic carbocycles. The van der Waals surface area contributed by atoms with Crippen LogP contribution in [-0.4, -0.2) is 8.80 Å². The number of hydrogen-bond acceptors (Lipinski definition) is 4. The van der Waals surface area contributed by atoms with Gasteiger partial charge in [0.05, 0.1) is 42.3 Å². The number of aryl methyl sites for hydroxylation is 4. The standard InChI is InChI=1S/C98H88N3OSi/c1-61-37-55-82(63(3)57-61)100(84-34-23-27-65-25-15-17-29-75(65)84)86-59-80-91(93-89(86)77-31-19-21-33-79(77)97(93,11)12)92-81(60-87(90-78-32-20-22-36-88(78)102-94(90)92)101(83-56-38-62(2)58-64(83)4)85-35-24-28-66-26-16-18-30-76(66)85)98(80,70-45-53-74(54-46-70)103(13)14)69-43-51-73(52-44-69)99(71-47-39-67(40-48-71)95(5,6)7)72-49-41-68(42-50-72)96(8,9)10/h15-60H,1-14H3. The molecule has 1 unspecified atom stereocenters. The van der Waals surface area contributed by atoms with Gasteiger partial charge in [-0.25, -0.2) is 0 Å². The van der Waals surface area contributed by atoms with Crippen LogP contribution in [-0.2, 0) is 21.7 Å². The largest absolute Gasteiger partial charge is 0.455 e. The van der Waals surface area contributed by atoms with E-state index in [4.69, 9.17) is 4.42 Å². The van der Waals surface area contributed by atoms with Gasteiger partial charge in [-0.15, -0.1) is 0 Å². The van der Waals surface area contributed by atoms with E-state index in [0.717, 1.165) is 89.6 Å². The summed E-state index contributed by atoms with van der Waals surface area (Å²) in [4.78, 5) is 7.66. The minimum atomic E-state index is -1.01. The number of nitrogens with zero attached hydrogens (tertiary/aromatic N) is 3. The van der Waals surface area contributed by atoms with Gasteiger partial charge in [0.1, 0.15) is 11.2 Å². The number of benzene rings is 14. The Labute approximate surface area is 609 Å². The van der Waals surface area contributed by atoms with E-state index in [0.29, 0.717) is 0 Å². The molecule has 103 heavy (non-hydrogen) atoms. The Morgan fingerprint density at radius 2 is 0.806 bits per heavy atom. The van der Waals surface area contributed by atoms with E-state index in [9.17, 15) is 0 Å². The second-order valence-electron chi connectivity index (χ2n) is 31.9. The molecule has 1 radical (unpaired) electrons. The minimum Gasteiger partial charge on any atom is -0.455 e. The fraction of sp³-hybridized carbons (Fsp3) is 0.184. The molecule has 0 amide bonds. The van der Waals surface area contributed by atoms with Gasteiger partial charge in [0.25, 0.3) is 0 Å². The minimum absolute atomic E-state index is 0.0158. The molecule has 1 atom stereocenters. The van der Waals surface area contributed by atoms with Gasteiger partial charge in [-0.1, -0.05) is 285 Å². The molecule has 5 heteroatoms. The van der Waals surface area contributed by atoms with Crippen LogP contribution in [0.2, 0.25) is 13.1 Å². The zero-order chi connectivity index (χ0) is 71.2. The Morgan fingerprint density at radius 3 is 1.33 bits per heavy atom. The van der Waals surface area contributed by atoms with Gasteiger partial charge in [-0.05, 0) is 195 Å². The van der Waals surface area contributed by atoms with E-state index in [1.165, 1.54) is 99.2 Å². The average molecular weight is 1350 g/mol. The van der Waals surface area contributed by atoms with Crippen molar-refractivity contribution >= 4 is 109 Å². The lowest BCUT2D eigenvalue weighted by molar-refractivity contribution is 0.590. The summed E-state index contributed by atoms with van der Waals surface area (Å²) < 4.78 is 7.93. The zero-order valence-electron chi connectivity index (χ0n) is 61.8. The lowest BCUT2D eigenvalue weighted by atomic mass is 9.66. The molecular formula is C98H88N3OSi. The van der Waals surface area contributed by atoms with Gasteiger partial charge in [-0.2, -0.15) is 0 Å². The zero-order valence-corrected chi connectivity index (χ0v) is 62.8. The summed E-state index contributed by atoms with van der Waals surface area (Å²) in [6.07, 6.45) is 0. The maximum Gasteiger partial charge on any atom is 0.145 e. The molecule has 0 saturated carbocycles. The van der Waals surface area contributed by atoms with Gasteiger partial charge >= 0.3 is 0 Å². The van der Waals surface area contributed by atoms with Crippen LogP contribution in [0, 0.1) is 27.7 Å². The van der Waals surface area contributed by atoms with E-state index in [1.54, 1.807) is 0 Å². The first-order valence-electron chi connectivity index (χ1n) is 36.6. The van der Waals surface area contributed by atoms with Crippen LogP contribution in [0.3, 0.4) is 0 Å². The molecule has 1 heterocycles. The van der Waals surface area contributed by atoms with E-state index < -0.39 is 19.6 Å². The molecule has 17 rings (SSSR count). The Kier molecular flexibility index (Phi) is 15.4. The van der Waals surface area contributed by atoms with Crippen molar-refractivity contribution in [2.75, 3.05) is 14.7 Å². The van der Waals surface area contributed by atoms with Crippen LogP contribution in [0.1, 0.15) is 122 Å². The summed E-state index contributed by atoms with van der Waals surface area (Å²) in [5.41, 5.74) is 29.6. The number of anilines is 9. The summed E-state index contributed by atoms with van der Waals surface area (Å²) in [7, 11) is -0.881. The Hall–Kier alpha value is -11.0. The summed E-state index contributed by atoms with van der Waals surface area (Å²) >= 11 is 0. The maximum atomic E-state index is 7.93. The van der Waals surface area contributed by atoms with Gasteiger partial charge in [0.15, 0.2) is 0 Å². The molecule has 505 valence electrons. The molecule has 0 aliphatic heterocycles. The van der Waals surface area contributed by atoms with Crippen molar-refractivity contribution in [3.63, 3.8) is 0 Å². The van der Waals surface area contributed by atoms with Crippen molar-refractivity contribution in [1.82, 2.24) is 0 Å². The predicted molar refractivity (Wildman–Crippen MR) is 441 cm³/mol. The summed E-state index contributed by atoms with van der Waals surface area (Å²) in [6.45, 7) is 32.6. The topological polar surface area (TPSA) is 22.9 Å². The van der Waals surface area contributed by atoms with Crippen molar-refractivity contribution in [3.8, 4) is 22.3 Å². The number of fused-ring (bicyclic) bond motifs is 13. The molecule has 15 aromatic rings. The third kappa shape index (κ3) is 10.4. The van der Waals surface area contributed by atoms with E-state index in [1.807, 2.05) is 0 Å². The van der Waals surface area contributed by atoms with Crippen LogP contribution in [0.15, 0.2) is 283 Å². The Bertz CT molecular complexity index is 5810. The summed E-state index contributed by atoms with van der Waals surface area (Å²) in [5.74, 6) is 0. The third-order valence-electron chi connectivity index (χ3n) is 22.6. The Morgan fingerprint density at radius 1 is 0.359 bits per heavy atom. The van der Waals surface area contributed by atoms with Gasteiger partial charge < -0.3 is 19.1 Å². The highest BCUT2D eigenvalue weighted by Crippen LogP contribution is 2.68. The van der Waals surface area contributed by atoms with Crippen molar-refractivity contribution < 1.29 is 4.42 Å².